The molecule has 1 rings (SSSR count). The lowest BCUT2D eigenvalue weighted by atomic mass is 10.4. The zero-order chi connectivity index (χ0) is 5.98. The molecule has 0 aromatic heterocycles. The van der Waals surface area contributed by atoms with E-state index in [1.54, 1.807) is 0 Å². The average molecular weight is 117 g/mol. The molecule has 1 radical (unpaired) electrons. The fourth-order valence-corrected chi connectivity index (χ4v) is 0.359. The number of hydrogen-bond donors (Lipinski definition) is 0. The Bertz CT molecular complexity index is 139. The third-order valence-corrected chi connectivity index (χ3v) is 0.709. The molecule has 43 valence electrons. The van der Waals surface area contributed by atoms with Crippen molar-refractivity contribution in [3.63, 3.8) is 0 Å². The number of alkyl halides is 2. The Balaban J connectivity index is 2.58. The molecule has 0 bridgehead atoms. The average Bonchev–Trinajstić information content (AvgIpc) is 2.12. The summed E-state index contributed by atoms with van der Waals surface area (Å²) in [7, 11) is 0. The number of hydrogen-bond acceptors (Lipinski definition) is 1. The molecule has 1 aliphatic heterocycles. The van der Waals surface area contributed by atoms with Crippen molar-refractivity contribution in [2.24, 2.45) is 5.10 Å². The Hall–Kier alpha value is -0.930. The van der Waals surface area contributed by atoms with E-state index in [2.05, 4.69) is 10.5 Å². The van der Waals surface area contributed by atoms with E-state index in [9.17, 15) is 8.78 Å². The highest BCUT2D eigenvalue weighted by Gasteiger charge is 2.11. The molecule has 0 N–H and O–H groups in total. The second-order valence-electron chi connectivity index (χ2n) is 1.26. The summed E-state index contributed by atoms with van der Waals surface area (Å²) in [4.78, 5) is 0. The first kappa shape index (κ1) is 5.21. The molecule has 0 atom stereocenters. The van der Waals surface area contributed by atoms with Crippen molar-refractivity contribution < 1.29 is 8.78 Å². The molecule has 4 heteroatoms. The summed E-state index contributed by atoms with van der Waals surface area (Å²) in [5, 5.41) is 3.12. The lowest BCUT2D eigenvalue weighted by Gasteiger charge is -1.88. The van der Waals surface area contributed by atoms with Gasteiger partial charge in [0.1, 0.15) is 5.71 Å². The molecule has 2 nitrogen and oxygen atoms in total. The highest BCUT2D eigenvalue weighted by Crippen LogP contribution is 2.01. The predicted molar refractivity (Wildman–Crippen MR) is 24.7 cm³/mol. The molecule has 0 aromatic carbocycles. The van der Waals surface area contributed by atoms with Gasteiger partial charge in [-0.15, -0.1) is 5.10 Å². The Morgan fingerprint density at radius 1 is 1.50 bits per heavy atom. The molecule has 0 fully saturated rings. The van der Waals surface area contributed by atoms with Gasteiger partial charge in [-0.2, -0.15) is 5.43 Å². The van der Waals surface area contributed by atoms with Crippen LogP contribution in [-0.4, -0.2) is 12.1 Å². The van der Waals surface area contributed by atoms with E-state index in [0.29, 0.717) is 0 Å². The number of rotatable bonds is 1. The summed E-state index contributed by atoms with van der Waals surface area (Å²) in [5.74, 6) is 0. The summed E-state index contributed by atoms with van der Waals surface area (Å²) >= 11 is 0. The van der Waals surface area contributed by atoms with Gasteiger partial charge in [0.05, 0.1) is 6.20 Å². The van der Waals surface area contributed by atoms with Crippen molar-refractivity contribution in [2.75, 3.05) is 0 Å². The molecule has 1 heterocycles. The Labute approximate surface area is 44.9 Å². The minimum Gasteiger partial charge on any atom is -0.203 e. The van der Waals surface area contributed by atoms with Crippen LogP contribution in [0.5, 0.6) is 0 Å². The molecule has 0 saturated heterocycles. The molecule has 1 aliphatic rings. The standard InChI is InChI=1S/C4H3F2N2/c5-4(6)3-1-2-7-8-3/h1-2,4H. The highest BCUT2D eigenvalue weighted by atomic mass is 19.3. The van der Waals surface area contributed by atoms with Gasteiger partial charge in [-0.1, -0.05) is 0 Å². The van der Waals surface area contributed by atoms with Gasteiger partial charge in [0.2, 0.25) is 0 Å². The quantitative estimate of drug-likeness (QED) is 0.484. The number of allylic oxidation sites excluding steroid dienone is 1. The van der Waals surface area contributed by atoms with Crippen LogP contribution in [0.15, 0.2) is 17.4 Å². The number of halogens is 2. The second kappa shape index (κ2) is 1.90. The van der Waals surface area contributed by atoms with Crippen LogP contribution in [0.25, 0.3) is 0 Å². The molecule has 0 unspecified atom stereocenters. The van der Waals surface area contributed by atoms with E-state index in [-0.39, 0.29) is 5.71 Å². The van der Waals surface area contributed by atoms with Gasteiger partial charge in [0.25, 0.3) is 6.43 Å². The Morgan fingerprint density at radius 3 is 2.50 bits per heavy atom. The monoisotopic (exact) mass is 117 g/mol. The minimum absolute atomic E-state index is 0.259. The normalized spacial score (nSPS) is 16.6. The van der Waals surface area contributed by atoms with Crippen molar-refractivity contribution in [2.45, 2.75) is 6.43 Å². The van der Waals surface area contributed by atoms with Crippen molar-refractivity contribution in [3.8, 4) is 0 Å². The summed E-state index contributed by atoms with van der Waals surface area (Å²) < 4.78 is 23.0. The van der Waals surface area contributed by atoms with Crippen LogP contribution in [0.4, 0.5) is 8.78 Å². The van der Waals surface area contributed by atoms with E-state index in [1.165, 1.54) is 12.3 Å². The van der Waals surface area contributed by atoms with Gasteiger partial charge >= 0.3 is 0 Å². The number of nitrogens with zero attached hydrogens (tertiary/aromatic N) is 2. The van der Waals surface area contributed by atoms with Crippen LogP contribution in [-0.2, 0) is 0 Å². The SMILES string of the molecule is FC(F)C1=N[N]C=C1. The third-order valence-electron chi connectivity index (χ3n) is 0.709. The maximum absolute atomic E-state index is 11.5. The first-order valence-electron chi connectivity index (χ1n) is 2.03. The van der Waals surface area contributed by atoms with Crippen molar-refractivity contribution in [1.82, 2.24) is 5.43 Å². The van der Waals surface area contributed by atoms with Gasteiger partial charge in [-0.3, -0.25) is 0 Å². The van der Waals surface area contributed by atoms with Crippen molar-refractivity contribution in [3.05, 3.63) is 12.3 Å². The van der Waals surface area contributed by atoms with Crippen molar-refractivity contribution >= 4 is 5.71 Å². The zero-order valence-corrected chi connectivity index (χ0v) is 3.88. The van der Waals surface area contributed by atoms with E-state index in [0.717, 1.165) is 0 Å². The maximum Gasteiger partial charge on any atom is 0.282 e. The summed E-state index contributed by atoms with van der Waals surface area (Å²) in [6.07, 6.45) is -0.0656. The van der Waals surface area contributed by atoms with E-state index in [4.69, 9.17) is 0 Å². The van der Waals surface area contributed by atoms with Crippen LogP contribution in [0.1, 0.15) is 0 Å². The van der Waals surface area contributed by atoms with Crippen LogP contribution in [0.2, 0.25) is 0 Å². The zero-order valence-electron chi connectivity index (χ0n) is 3.88. The van der Waals surface area contributed by atoms with Gasteiger partial charge < -0.3 is 0 Å². The van der Waals surface area contributed by atoms with Crippen LogP contribution < -0.4 is 5.43 Å². The van der Waals surface area contributed by atoms with Crippen LogP contribution in [0, 0.1) is 0 Å². The topological polar surface area (TPSA) is 26.5 Å². The highest BCUT2D eigenvalue weighted by molar-refractivity contribution is 5.98. The fourth-order valence-electron chi connectivity index (χ4n) is 0.359. The summed E-state index contributed by atoms with van der Waals surface area (Å²) in [5.41, 5.74) is 2.95. The third kappa shape index (κ3) is 0.828. The molecular formula is C4H3F2N2. The van der Waals surface area contributed by atoms with E-state index in [1.807, 2.05) is 0 Å². The van der Waals surface area contributed by atoms with E-state index < -0.39 is 6.43 Å². The largest absolute Gasteiger partial charge is 0.282 e. The molecule has 0 aliphatic carbocycles. The maximum atomic E-state index is 11.5. The first-order valence-corrected chi connectivity index (χ1v) is 2.03. The molecule has 8 heavy (non-hydrogen) atoms. The predicted octanol–water partition coefficient (Wildman–Crippen LogP) is 0.739. The van der Waals surface area contributed by atoms with Crippen LogP contribution >= 0.6 is 0 Å². The summed E-state index contributed by atoms with van der Waals surface area (Å²) in [6.45, 7) is 0. The minimum atomic E-state index is -2.49. The molecule has 0 spiro atoms. The fraction of sp³-hybridized carbons (Fsp3) is 0.250. The Morgan fingerprint density at radius 2 is 2.25 bits per heavy atom. The van der Waals surface area contributed by atoms with Crippen LogP contribution in [0.3, 0.4) is 0 Å². The second-order valence-corrected chi connectivity index (χ2v) is 1.26. The summed E-state index contributed by atoms with van der Waals surface area (Å²) in [6, 6.07) is 0. The van der Waals surface area contributed by atoms with Gasteiger partial charge in [-0.05, 0) is 6.08 Å². The lowest BCUT2D eigenvalue weighted by molar-refractivity contribution is 0.226. The molecule has 0 aromatic rings. The van der Waals surface area contributed by atoms with Crippen molar-refractivity contribution in [1.29, 1.82) is 0 Å². The smallest absolute Gasteiger partial charge is 0.203 e. The molecule has 0 saturated carbocycles. The Kier molecular flexibility index (Phi) is 1.24. The van der Waals surface area contributed by atoms with E-state index >= 15 is 0 Å². The molecular weight excluding hydrogens is 114 g/mol. The lowest BCUT2D eigenvalue weighted by Crippen LogP contribution is -2.04. The van der Waals surface area contributed by atoms with Gasteiger partial charge in [0.15, 0.2) is 0 Å². The van der Waals surface area contributed by atoms with Gasteiger partial charge in [-0.25, -0.2) is 8.78 Å². The van der Waals surface area contributed by atoms with Gasteiger partial charge in [0, 0.05) is 0 Å². The molecule has 0 amide bonds. The first-order chi connectivity index (χ1) is 3.80.